The highest BCUT2D eigenvalue weighted by atomic mass is 32.2. The highest BCUT2D eigenvalue weighted by Crippen LogP contribution is 2.22. The van der Waals surface area contributed by atoms with E-state index in [1.165, 1.54) is 0 Å². The highest BCUT2D eigenvalue weighted by molar-refractivity contribution is 7.86. The molecular weight excluding hydrogens is 388 g/mol. The zero-order valence-corrected chi connectivity index (χ0v) is 18.3. The third-order valence-corrected chi connectivity index (χ3v) is 6.15. The summed E-state index contributed by atoms with van der Waals surface area (Å²) >= 11 is 0. The van der Waals surface area contributed by atoms with E-state index in [2.05, 4.69) is 0 Å². The number of unbranched alkanes of at least 4 members (excludes halogenated alkanes) is 1. The van der Waals surface area contributed by atoms with Gasteiger partial charge < -0.3 is 9.84 Å². The van der Waals surface area contributed by atoms with Gasteiger partial charge in [0.2, 0.25) is 0 Å². The van der Waals surface area contributed by atoms with Crippen LogP contribution in [0.5, 0.6) is 0 Å². The van der Waals surface area contributed by atoms with Gasteiger partial charge in [0.25, 0.3) is 10.1 Å². The number of hydrogen-bond acceptors (Lipinski definition) is 5. The molecule has 2 aromatic rings. The summed E-state index contributed by atoms with van der Waals surface area (Å²) in [5, 5.41) is 9.44. The van der Waals surface area contributed by atoms with Gasteiger partial charge in [-0.2, -0.15) is 8.42 Å². The molecule has 0 amide bonds. The Bertz CT molecular complexity index is 816. The van der Waals surface area contributed by atoms with Crippen molar-refractivity contribution < 1.29 is 22.4 Å². The van der Waals surface area contributed by atoms with Crippen molar-refractivity contribution >= 4 is 10.1 Å². The lowest BCUT2D eigenvalue weighted by Crippen LogP contribution is -2.31. The van der Waals surface area contributed by atoms with Crippen molar-refractivity contribution in [3.63, 3.8) is 0 Å². The van der Waals surface area contributed by atoms with E-state index in [-0.39, 0.29) is 11.0 Å². The molecule has 0 aliphatic heterocycles. The van der Waals surface area contributed by atoms with Crippen LogP contribution in [0.2, 0.25) is 0 Å². The molecule has 160 valence electrons. The van der Waals surface area contributed by atoms with Gasteiger partial charge in [-0.05, 0) is 51.3 Å². The van der Waals surface area contributed by atoms with E-state index in [4.69, 9.17) is 8.92 Å². The van der Waals surface area contributed by atoms with Gasteiger partial charge in [-0.1, -0.05) is 60.9 Å². The second kappa shape index (κ2) is 11.5. The van der Waals surface area contributed by atoms with Crippen LogP contribution < -0.4 is 0 Å². The summed E-state index contributed by atoms with van der Waals surface area (Å²) in [7, 11) is -3.89. The van der Waals surface area contributed by atoms with Crippen LogP contribution in [0.3, 0.4) is 0 Å². The van der Waals surface area contributed by atoms with E-state index in [0.717, 1.165) is 24.0 Å². The van der Waals surface area contributed by atoms with Crippen LogP contribution in [0.1, 0.15) is 50.7 Å². The van der Waals surface area contributed by atoms with Crippen LogP contribution in [0, 0.1) is 6.92 Å². The Balaban J connectivity index is 2.05. The lowest BCUT2D eigenvalue weighted by Gasteiger charge is -2.24. The summed E-state index contributed by atoms with van der Waals surface area (Å²) in [6.07, 6.45) is 1.40. The second-order valence-electron chi connectivity index (χ2n) is 7.54. The minimum Gasteiger partial charge on any atom is -0.393 e. The Kier molecular flexibility index (Phi) is 9.30. The number of aliphatic hydroxyl groups is 1. The van der Waals surface area contributed by atoms with Gasteiger partial charge in [-0.15, -0.1) is 0 Å². The molecule has 0 spiro atoms. The maximum atomic E-state index is 12.8. The number of aryl methyl sites for hydroxylation is 1. The average Bonchev–Trinajstić information content (AvgIpc) is 2.69. The quantitative estimate of drug-likeness (QED) is 0.401. The lowest BCUT2D eigenvalue weighted by molar-refractivity contribution is -0.0254. The molecule has 0 heterocycles. The summed E-state index contributed by atoms with van der Waals surface area (Å²) in [6.45, 7) is 5.89. The molecule has 6 heteroatoms. The fourth-order valence-corrected chi connectivity index (χ4v) is 4.14. The molecule has 0 bridgehead atoms. The molecule has 0 saturated heterocycles. The van der Waals surface area contributed by atoms with Crippen LogP contribution in [-0.2, 0) is 25.6 Å². The topological polar surface area (TPSA) is 72.8 Å². The molecule has 29 heavy (non-hydrogen) atoms. The summed E-state index contributed by atoms with van der Waals surface area (Å²) in [4.78, 5) is 0.146. The molecule has 0 aromatic heterocycles. The minimum absolute atomic E-state index is 0.146. The fraction of sp³-hybridized carbons (Fsp3) is 0.478. The molecule has 1 unspecified atom stereocenters. The van der Waals surface area contributed by atoms with Gasteiger partial charge >= 0.3 is 0 Å². The normalized spacial score (nSPS) is 15.0. The number of ether oxygens (including phenoxy) is 1. The summed E-state index contributed by atoms with van der Waals surface area (Å²) in [5.41, 5.74) is 2.01. The van der Waals surface area contributed by atoms with Gasteiger partial charge in [0, 0.05) is 0 Å². The maximum absolute atomic E-state index is 12.8. The lowest BCUT2D eigenvalue weighted by atomic mass is 10.1. The third kappa shape index (κ3) is 8.26. The number of benzene rings is 2. The van der Waals surface area contributed by atoms with E-state index in [9.17, 15) is 13.5 Å². The first-order chi connectivity index (χ1) is 13.8. The summed E-state index contributed by atoms with van der Waals surface area (Å²) in [5.74, 6) is 0. The fourth-order valence-electron chi connectivity index (χ4n) is 2.98. The van der Waals surface area contributed by atoms with Gasteiger partial charge in [0.05, 0.1) is 23.7 Å². The Labute approximate surface area is 174 Å². The second-order valence-corrected chi connectivity index (χ2v) is 9.11. The first kappa shape index (κ1) is 23.5. The van der Waals surface area contributed by atoms with Crippen molar-refractivity contribution in [1.29, 1.82) is 0 Å². The molecule has 2 rings (SSSR count). The van der Waals surface area contributed by atoms with Gasteiger partial charge in [0.1, 0.15) is 6.10 Å². The van der Waals surface area contributed by atoms with E-state index < -0.39 is 22.3 Å². The Morgan fingerprint density at radius 1 is 0.931 bits per heavy atom. The van der Waals surface area contributed by atoms with Crippen LogP contribution >= 0.6 is 0 Å². The van der Waals surface area contributed by atoms with Gasteiger partial charge in [-0.3, -0.25) is 4.18 Å². The van der Waals surface area contributed by atoms with Gasteiger partial charge in [0.15, 0.2) is 0 Å². The minimum atomic E-state index is -3.89. The van der Waals surface area contributed by atoms with Crippen molar-refractivity contribution in [2.24, 2.45) is 0 Å². The molecule has 0 saturated carbocycles. The Hall–Kier alpha value is -1.73. The molecule has 0 radical (unpaired) electrons. The average molecular weight is 421 g/mol. The van der Waals surface area contributed by atoms with Crippen molar-refractivity contribution in [3.8, 4) is 0 Å². The van der Waals surface area contributed by atoms with E-state index in [0.29, 0.717) is 19.4 Å². The number of hydrogen-bond donors (Lipinski definition) is 1. The largest absolute Gasteiger partial charge is 0.393 e. The van der Waals surface area contributed by atoms with E-state index >= 15 is 0 Å². The molecule has 0 fully saturated rings. The van der Waals surface area contributed by atoms with Crippen LogP contribution in [0.25, 0.3) is 0 Å². The van der Waals surface area contributed by atoms with Crippen LogP contribution in [0.4, 0.5) is 0 Å². The molecule has 1 N–H and O–H groups in total. The zero-order chi connectivity index (χ0) is 21.3. The first-order valence-corrected chi connectivity index (χ1v) is 11.5. The third-order valence-electron chi connectivity index (χ3n) is 4.80. The van der Waals surface area contributed by atoms with Crippen LogP contribution in [0.15, 0.2) is 59.5 Å². The molecule has 0 aliphatic carbocycles. The standard InChI is InChI=1S/C23H32O5S/c1-18-13-15-22(16-14-18)29(25,26)28-23(12-8-7-9-19(2)24)20(3)27-17-21-10-5-4-6-11-21/h4-6,10-11,13-16,19-20,23-24H,7-9,12,17H2,1-3H3/t19?,20-,23-/m0/s1. The molecule has 0 aliphatic rings. The molecular formula is C23H32O5S. The van der Waals surface area contributed by atoms with Crippen LogP contribution in [-0.4, -0.2) is 31.8 Å². The predicted octanol–water partition coefficient (Wildman–Crippen LogP) is 4.62. The van der Waals surface area contributed by atoms with Crippen molar-refractivity contribution in [3.05, 3.63) is 65.7 Å². The van der Waals surface area contributed by atoms with Gasteiger partial charge in [-0.25, -0.2) is 0 Å². The highest BCUT2D eigenvalue weighted by Gasteiger charge is 2.27. The summed E-state index contributed by atoms with van der Waals surface area (Å²) < 4.78 is 37.0. The van der Waals surface area contributed by atoms with E-state index in [1.807, 2.05) is 44.2 Å². The van der Waals surface area contributed by atoms with E-state index in [1.54, 1.807) is 31.2 Å². The summed E-state index contributed by atoms with van der Waals surface area (Å²) in [6, 6.07) is 16.4. The van der Waals surface area contributed by atoms with Crippen molar-refractivity contribution in [1.82, 2.24) is 0 Å². The Morgan fingerprint density at radius 3 is 2.17 bits per heavy atom. The van der Waals surface area contributed by atoms with Crippen molar-refractivity contribution in [2.45, 2.75) is 76.3 Å². The SMILES string of the molecule is Cc1ccc(S(=O)(=O)O[C@@H](CCCCC(C)O)[C@H](C)OCc2ccccc2)cc1. The molecule has 2 aromatic carbocycles. The Morgan fingerprint density at radius 2 is 1.55 bits per heavy atom. The molecule has 5 nitrogen and oxygen atoms in total. The zero-order valence-electron chi connectivity index (χ0n) is 17.5. The first-order valence-electron chi connectivity index (χ1n) is 10.1. The molecule has 3 atom stereocenters. The predicted molar refractivity (Wildman–Crippen MR) is 114 cm³/mol. The maximum Gasteiger partial charge on any atom is 0.297 e. The monoisotopic (exact) mass is 420 g/mol. The number of aliphatic hydroxyl groups excluding tert-OH is 1. The smallest absolute Gasteiger partial charge is 0.297 e. The number of rotatable bonds is 12. The van der Waals surface area contributed by atoms with Crippen molar-refractivity contribution in [2.75, 3.05) is 0 Å².